The van der Waals surface area contributed by atoms with E-state index in [0.29, 0.717) is 30.3 Å². The van der Waals surface area contributed by atoms with E-state index in [2.05, 4.69) is 15.6 Å². The number of hydrogen-bond acceptors (Lipinski definition) is 6. The fourth-order valence-electron chi connectivity index (χ4n) is 3.55. The Morgan fingerprint density at radius 2 is 1.64 bits per heavy atom. The molecule has 170 valence electrons. The van der Waals surface area contributed by atoms with Gasteiger partial charge in [-0.2, -0.15) is 0 Å². The largest absolute Gasteiger partial charge is 0.506 e. The van der Waals surface area contributed by atoms with Crippen molar-refractivity contribution in [1.29, 1.82) is 0 Å². The fraction of sp³-hybridized carbons (Fsp3) is 0.240. The van der Waals surface area contributed by atoms with Crippen LogP contribution in [0.2, 0.25) is 0 Å². The van der Waals surface area contributed by atoms with Crippen molar-refractivity contribution >= 4 is 29.2 Å². The van der Waals surface area contributed by atoms with Crippen LogP contribution in [0, 0.1) is 0 Å². The number of fused-ring (bicyclic) bond motifs is 1. The second kappa shape index (κ2) is 8.82. The van der Waals surface area contributed by atoms with Crippen molar-refractivity contribution in [2.24, 2.45) is 0 Å². The first-order chi connectivity index (χ1) is 15.7. The number of phenols is 1. The molecule has 0 fully saturated rings. The maximum atomic E-state index is 13.3. The molecule has 2 heterocycles. The van der Waals surface area contributed by atoms with Gasteiger partial charge in [0.05, 0.1) is 11.4 Å². The van der Waals surface area contributed by atoms with E-state index in [0.717, 1.165) is 11.1 Å². The number of ether oxygens (including phenoxy) is 1. The van der Waals surface area contributed by atoms with E-state index in [-0.39, 0.29) is 17.4 Å². The molecule has 1 aliphatic heterocycles. The van der Waals surface area contributed by atoms with Gasteiger partial charge in [0.1, 0.15) is 22.9 Å². The van der Waals surface area contributed by atoms with Gasteiger partial charge in [0.2, 0.25) is 0 Å². The Morgan fingerprint density at radius 1 is 1.00 bits per heavy atom. The van der Waals surface area contributed by atoms with Gasteiger partial charge in [-0.05, 0) is 50.1 Å². The number of phenolic OH excluding ortho intramolecular Hbond substituents is 1. The number of rotatable bonds is 4. The number of pyridine rings is 1. The first kappa shape index (κ1) is 22.1. The first-order valence-corrected chi connectivity index (χ1v) is 10.6. The smallest absolute Gasteiger partial charge is 0.412 e. The number of benzene rings is 2. The molecule has 0 bridgehead atoms. The molecule has 0 aliphatic carbocycles. The van der Waals surface area contributed by atoms with Crippen molar-refractivity contribution in [3.63, 3.8) is 0 Å². The van der Waals surface area contributed by atoms with E-state index in [9.17, 15) is 14.7 Å². The number of carbonyl (C=O) groups is 2. The number of amides is 2. The maximum Gasteiger partial charge on any atom is 0.412 e. The summed E-state index contributed by atoms with van der Waals surface area (Å²) in [5.41, 5.74) is 2.45. The Kier molecular flexibility index (Phi) is 5.91. The molecule has 1 aliphatic rings. The molecule has 0 saturated heterocycles. The van der Waals surface area contributed by atoms with Crippen LogP contribution in [0.1, 0.15) is 42.4 Å². The molecule has 2 amide bonds. The normalized spacial score (nSPS) is 12.8. The molecule has 2 aromatic carbocycles. The second-order valence-electron chi connectivity index (χ2n) is 8.83. The van der Waals surface area contributed by atoms with Crippen molar-refractivity contribution in [3.05, 3.63) is 77.5 Å². The summed E-state index contributed by atoms with van der Waals surface area (Å²) in [4.78, 5) is 31.8. The number of para-hydroxylation sites is 2. The van der Waals surface area contributed by atoms with Crippen LogP contribution in [-0.4, -0.2) is 32.6 Å². The van der Waals surface area contributed by atoms with Crippen LogP contribution in [0.3, 0.4) is 0 Å². The maximum absolute atomic E-state index is 13.3. The number of aromatic hydroxyl groups is 1. The van der Waals surface area contributed by atoms with Crippen LogP contribution in [0.4, 0.5) is 22.0 Å². The SMILES string of the molecule is CC(C)(C)OC(=O)Nc1cc(Nc2ccccc2O)nc(C(=O)N2Cc3ccccc3C2)c1. The third kappa shape index (κ3) is 5.41. The van der Waals surface area contributed by atoms with Gasteiger partial charge in [0.25, 0.3) is 5.91 Å². The Labute approximate surface area is 192 Å². The number of aromatic nitrogens is 1. The molecule has 8 heteroatoms. The minimum atomic E-state index is -0.673. The lowest BCUT2D eigenvalue weighted by molar-refractivity contribution is 0.0634. The fourth-order valence-corrected chi connectivity index (χ4v) is 3.55. The highest BCUT2D eigenvalue weighted by Crippen LogP contribution is 2.28. The number of hydrogen-bond donors (Lipinski definition) is 3. The van der Waals surface area contributed by atoms with E-state index in [1.54, 1.807) is 56.0 Å². The summed E-state index contributed by atoms with van der Waals surface area (Å²) in [5, 5.41) is 15.8. The molecule has 0 unspecified atom stereocenters. The quantitative estimate of drug-likeness (QED) is 0.486. The third-order valence-electron chi connectivity index (χ3n) is 4.98. The van der Waals surface area contributed by atoms with Gasteiger partial charge in [0.15, 0.2) is 0 Å². The van der Waals surface area contributed by atoms with Crippen LogP contribution in [-0.2, 0) is 17.8 Å². The summed E-state index contributed by atoms with van der Waals surface area (Å²) >= 11 is 0. The average Bonchev–Trinajstić information content (AvgIpc) is 3.17. The van der Waals surface area contributed by atoms with Crippen molar-refractivity contribution in [2.75, 3.05) is 10.6 Å². The average molecular weight is 447 g/mol. The van der Waals surface area contributed by atoms with Gasteiger partial charge in [0, 0.05) is 19.2 Å². The lowest BCUT2D eigenvalue weighted by Crippen LogP contribution is -2.28. The highest BCUT2D eigenvalue weighted by atomic mass is 16.6. The second-order valence-corrected chi connectivity index (χ2v) is 8.83. The summed E-state index contributed by atoms with van der Waals surface area (Å²) < 4.78 is 5.34. The highest BCUT2D eigenvalue weighted by Gasteiger charge is 2.26. The van der Waals surface area contributed by atoms with Gasteiger partial charge in [-0.3, -0.25) is 10.1 Å². The standard InChI is InChI=1S/C25H26N4O4/c1-25(2,3)33-24(32)26-18-12-20(23(31)29-14-16-8-4-5-9-17(16)15-29)28-22(13-18)27-19-10-6-7-11-21(19)30/h4-13,30H,14-15H2,1-3H3,(H2,26,27,28,32). The number of carbonyl (C=O) groups excluding carboxylic acids is 2. The molecular formula is C25H26N4O4. The molecule has 0 radical (unpaired) electrons. The predicted molar refractivity (Wildman–Crippen MR) is 126 cm³/mol. The lowest BCUT2D eigenvalue weighted by Gasteiger charge is -2.20. The molecule has 4 rings (SSSR count). The Morgan fingerprint density at radius 3 is 2.27 bits per heavy atom. The monoisotopic (exact) mass is 446 g/mol. The highest BCUT2D eigenvalue weighted by molar-refractivity contribution is 5.95. The van der Waals surface area contributed by atoms with Crippen molar-refractivity contribution in [1.82, 2.24) is 9.88 Å². The van der Waals surface area contributed by atoms with Crippen LogP contribution >= 0.6 is 0 Å². The summed E-state index contributed by atoms with van der Waals surface area (Å²) in [6.45, 7) is 6.28. The Balaban J connectivity index is 1.63. The first-order valence-electron chi connectivity index (χ1n) is 10.6. The zero-order valence-electron chi connectivity index (χ0n) is 18.8. The van der Waals surface area contributed by atoms with Gasteiger partial charge in [-0.1, -0.05) is 36.4 Å². The molecule has 1 aromatic heterocycles. The van der Waals surface area contributed by atoms with E-state index < -0.39 is 11.7 Å². The zero-order valence-corrected chi connectivity index (χ0v) is 18.8. The van der Waals surface area contributed by atoms with E-state index in [4.69, 9.17) is 4.74 Å². The Hall–Kier alpha value is -4.07. The summed E-state index contributed by atoms with van der Waals surface area (Å²) in [7, 11) is 0. The van der Waals surface area contributed by atoms with Crippen molar-refractivity contribution < 1.29 is 19.4 Å². The molecule has 3 aromatic rings. The number of nitrogens with one attached hydrogen (secondary N) is 2. The van der Waals surface area contributed by atoms with Crippen LogP contribution in [0.15, 0.2) is 60.7 Å². The molecular weight excluding hydrogens is 420 g/mol. The minimum absolute atomic E-state index is 0.0349. The van der Waals surface area contributed by atoms with Gasteiger partial charge in [-0.25, -0.2) is 9.78 Å². The predicted octanol–water partition coefficient (Wildman–Crippen LogP) is 5.03. The zero-order chi connectivity index (χ0) is 23.6. The molecule has 33 heavy (non-hydrogen) atoms. The summed E-state index contributed by atoms with van der Waals surface area (Å²) in [5.74, 6) is 0.0668. The Bertz CT molecular complexity index is 1180. The molecule has 0 atom stereocenters. The lowest BCUT2D eigenvalue weighted by atomic mass is 10.1. The van der Waals surface area contributed by atoms with Gasteiger partial charge in [-0.15, -0.1) is 0 Å². The number of nitrogens with zero attached hydrogens (tertiary/aromatic N) is 2. The van der Waals surface area contributed by atoms with E-state index >= 15 is 0 Å². The van der Waals surface area contributed by atoms with Gasteiger partial charge >= 0.3 is 6.09 Å². The topological polar surface area (TPSA) is 104 Å². The summed E-state index contributed by atoms with van der Waals surface area (Å²) in [6.07, 6.45) is -0.644. The van der Waals surface area contributed by atoms with Crippen LogP contribution in [0.5, 0.6) is 5.75 Å². The van der Waals surface area contributed by atoms with Crippen molar-refractivity contribution in [2.45, 2.75) is 39.5 Å². The third-order valence-corrected chi connectivity index (χ3v) is 4.98. The van der Waals surface area contributed by atoms with Gasteiger partial charge < -0.3 is 20.1 Å². The minimum Gasteiger partial charge on any atom is -0.506 e. The van der Waals surface area contributed by atoms with Crippen LogP contribution < -0.4 is 10.6 Å². The number of anilines is 3. The summed E-state index contributed by atoms with van der Waals surface area (Å²) in [6, 6.07) is 17.7. The molecule has 3 N–H and O–H groups in total. The molecule has 8 nitrogen and oxygen atoms in total. The van der Waals surface area contributed by atoms with E-state index in [1.165, 1.54) is 6.07 Å². The molecule has 0 saturated carbocycles. The van der Waals surface area contributed by atoms with Crippen molar-refractivity contribution in [3.8, 4) is 5.75 Å². The van der Waals surface area contributed by atoms with E-state index in [1.807, 2.05) is 24.3 Å². The van der Waals surface area contributed by atoms with Crippen LogP contribution in [0.25, 0.3) is 0 Å². The molecule has 0 spiro atoms.